The van der Waals surface area contributed by atoms with E-state index in [1.807, 2.05) is 19.2 Å². The van der Waals surface area contributed by atoms with Crippen LogP contribution >= 0.6 is 0 Å². The third-order valence-electron chi connectivity index (χ3n) is 2.81. The van der Waals surface area contributed by atoms with Gasteiger partial charge in [0.05, 0.1) is 0 Å². The lowest BCUT2D eigenvalue weighted by Crippen LogP contribution is -2.39. The Hall–Kier alpha value is -1.16. The molecule has 1 aromatic rings. The van der Waals surface area contributed by atoms with E-state index >= 15 is 0 Å². The maximum atomic E-state index is 5.67. The molecule has 0 aliphatic heterocycles. The van der Waals surface area contributed by atoms with E-state index in [1.54, 1.807) is 0 Å². The molecule has 90 valence electrons. The average Bonchev–Trinajstić information content (AvgIpc) is 2.29. The van der Waals surface area contributed by atoms with E-state index < -0.39 is 0 Å². The minimum atomic E-state index is 0.512. The van der Waals surface area contributed by atoms with Crippen LogP contribution in [0.2, 0.25) is 0 Å². The second-order valence-electron chi connectivity index (χ2n) is 3.91. The van der Waals surface area contributed by atoms with Crippen molar-refractivity contribution in [3.63, 3.8) is 0 Å². The summed E-state index contributed by atoms with van der Waals surface area (Å²) in [4.78, 5) is 10.9. The van der Waals surface area contributed by atoms with E-state index in [-0.39, 0.29) is 0 Å². The summed E-state index contributed by atoms with van der Waals surface area (Å²) in [6, 6.07) is 2.47. The van der Waals surface area contributed by atoms with E-state index in [0.717, 1.165) is 31.0 Å². The number of hydrogen-bond acceptors (Lipinski definition) is 4. The molecule has 0 aliphatic carbocycles. The van der Waals surface area contributed by atoms with Gasteiger partial charge in [0, 0.05) is 25.3 Å². The van der Waals surface area contributed by atoms with Gasteiger partial charge in [-0.2, -0.15) is 0 Å². The van der Waals surface area contributed by atoms with Crippen molar-refractivity contribution in [2.45, 2.75) is 39.7 Å². The van der Waals surface area contributed by atoms with Gasteiger partial charge in [0.1, 0.15) is 11.6 Å². The van der Waals surface area contributed by atoms with Crippen molar-refractivity contribution < 1.29 is 0 Å². The molecule has 1 rings (SSSR count). The normalized spacial score (nSPS) is 10.8. The average molecular weight is 222 g/mol. The van der Waals surface area contributed by atoms with Gasteiger partial charge >= 0.3 is 0 Å². The Balaban J connectivity index is 2.91. The molecule has 0 bridgehead atoms. The van der Waals surface area contributed by atoms with Gasteiger partial charge in [0.15, 0.2) is 0 Å². The Morgan fingerprint density at radius 1 is 1.38 bits per heavy atom. The van der Waals surface area contributed by atoms with Crippen LogP contribution in [0.3, 0.4) is 0 Å². The summed E-state index contributed by atoms with van der Waals surface area (Å²) in [6.07, 6.45) is 4.03. The van der Waals surface area contributed by atoms with Crippen molar-refractivity contribution in [2.75, 3.05) is 18.0 Å². The molecule has 0 amide bonds. The molecule has 0 fully saturated rings. The highest BCUT2D eigenvalue weighted by Gasteiger charge is 2.16. The first-order valence-corrected chi connectivity index (χ1v) is 5.99. The predicted molar refractivity (Wildman–Crippen MR) is 67.5 cm³/mol. The van der Waals surface area contributed by atoms with Crippen LogP contribution in [0.25, 0.3) is 0 Å². The molecule has 0 aromatic carbocycles. The number of rotatable bonds is 6. The Morgan fingerprint density at radius 2 is 2.06 bits per heavy atom. The van der Waals surface area contributed by atoms with Gasteiger partial charge in [-0.1, -0.05) is 13.8 Å². The number of anilines is 1. The van der Waals surface area contributed by atoms with Crippen molar-refractivity contribution >= 4 is 5.82 Å². The molecule has 0 spiro atoms. The highest BCUT2D eigenvalue weighted by molar-refractivity contribution is 5.38. The van der Waals surface area contributed by atoms with Crippen LogP contribution in [-0.4, -0.2) is 29.1 Å². The van der Waals surface area contributed by atoms with Crippen LogP contribution in [0.5, 0.6) is 0 Å². The van der Waals surface area contributed by atoms with Crippen LogP contribution in [0.15, 0.2) is 12.3 Å². The van der Waals surface area contributed by atoms with Crippen molar-refractivity contribution in [3.05, 3.63) is 18.1 Å². The predicted octanol–water partition coefficient (Wildman–Crippen LogP) is 1.74. The summed E-state index contributed by atoms with van der Waals surface area (Å²) in [6.45, 7) is 7.82. The van der Waals surface area contributed by atoms with Crippen LogP contribution in [0.4, 0.5) is 5.82 Å². The fourth-order valence-corrected chi connectivity index (χ4v) is 1.96. The molecule has 0 radical (unpaired) electrons. The quantitative estimate of drug-likeness (QED) is 0.796. The molecular weight excluding hydrogens is 200 g/mol. The zero-order chi connectivity index (χ0) is 12.0. The third kappa shape index (κ3) is 3.17. The van der Waals surface area contributed by atoms with Gasteiger partial charge in [-0.3, -0.25) is 0 Å². The molecule has 1 heterocycles. The third-order valence-corrected chi connectivity index (χ3v) is 2.81. The molecule has 0 unspecified atom stereocenters. The topological polar surface area (TPSA) is 55.0 Å². The highest BCUT2D eigenvalue weighted by Crippen LogP contribution is 2.17. The maximum absolute atomic E-state index is 5.67. The number of nitrogens with zero attached hydrogens (tertiary/aromatic N) is 3. The van der Waals surface area contributed by atoms with Crippen LogP contribution < -0.4 is 10.6 Å². The summed E-state index contributed by atoms with van der Waals surface area (Å²) in [5.41, 5.74) is 5.67. The zero-order valence-electron chi connectivity index (χ0n) is 10.5. The van der Waals surface area contributed by atoms with Gasteiger partial charge in [-0.05, 0) is 25.8 Å². The standard InChI is InChI=1S/C12H22N4/c1-4-11(5-2)16(9-7-13)12-6-8-14-10(3)15-12/h6,8,11H,4-5,7,9,13H2,1-3H3. The minimum absolute atomic E-state index is 0.512. The Kier molecular flexibility index (Phi) is 5.19. The van der Waals surface area contributed by atoms with E-state index in [1.165, 1.54) is 0 Å². The minimum Gasteiger partial charge on any atom is -0.352 e. The van der Waals surface area contributed by atoms with Gasteiger partial charge in [-0.15, -0.1) is 0 Å². The SMILES string of the molecule is CCC(CC)N(CCN)c1ccnc(C)n1. The lowest BCUT2D eigenvalue weighted by atomic mass is 10.1. The van der Waals surface area contributed by atoms with Crippen LogP contribution in [0.1, 0.15) is 32.5 Å². The van der Waals surface area contributed by atoms with Gasteiger partial charge in [0.2, 0.25) is 0 Å². The molecule has 0 aliphatic rings. The summed E-state index contributed by atoms with van der Waals surface area (Å²) >= 11 is 0. The Labute approximate surface area is 97.9 Å². The molecule has 4 heteroatoms. The van der Waals surface area contributed by atoms with Crippen molar-refractivity contribution in [2.24, 2.45) is 5.73 Å². The van der Waals surface area contributed by atoms with Gasteiger partial charge < -0.3 is 10.6 Å². The van der Waals surface area contributed by atoms with E-state index in [0.29, 0.717) is 12.6 Å². The van der Waals surface area contributed by atoms with E-state index in [4.69, 9.17) is 5.73 Å². The summed E-state index contributed by atoms with van der Waals surface area (Å²) in [5, 5.41) is 0. The number of nitrogens with two attached hydrogens (primary N) is 1. The summed E-state index contributed by atoms with van der Waals surface area (Å²) in [5.74, 6) is 1.80. The molecular formula is C12H22N4. The smallest absolute Gasteiger partial charge is 0.132 e. The molecule has 2 N–H and O–H groups in total. The molecule has 0 saturated heterocycles. The van der Waals surface area contributed by atoms with Crippen molar-refractivity contribution in [1.29, 1.82) is 0 Å². The Bertz CT molecular complexity index is 310. The Morgan fingerprint density at radius 3 is 2.56 bits per heavy atom. The van der Waals surface area contributed by atoms with E-state index in [2.05, 4.69) is 28.7 Å². The van der Waals surface area contributed by atoms with Crippen LogP contribution in [0, 0.1) is 6.92 Å². The molecule has 0 saturated carbocycles. The summed E-state index contributed by atoms with van der Waals surface area (Å²) in [7, 11) is 0. The van der Waals surface area contributed by atoms with Crippen molar-refractivity contribution in [3.8, 4) is 0 Å². The number of aromatic nitrogens is 2. The lowest BCUT2D eigenvalue weighted by Gasteiger charge is -2.31. The fourth-order valence-electron chi connectivity index (χ4n) is 1.96. The number of aryl methyl sites for hydroxylation is 1. The molecule has 1 aromatic heterocycles. The van der Waals surface area contributed by atoms with Gasteiger partial charge in [-0.25, -0.2) is 9.97 Å². The fraction of sp³-hybridized carbons (Fsp3) is 0.667. The molecule has 4 nitrogen and oxygen atoms in total. The maximum Gasteiger partial charge on any atom is 0.132 e. The number of hydrogen-bond donors (Lipinski definition) is 1. The summed E-state index contributed by atoms with van der Waals surface area (Å²) < 4.78 is 0. The zero-order valence-corrected chi connectivity index (χ0v) is 10.5. The van der Waals surface area contributed by atoms with Crippen LogP contribution in [-0.2, 0) is 0 Å². The van der Waals surface area contributed by atoms with Crippen molar-refractivity contribution in [1.82, 2.24) is 9.97 Å². The molecule has 0 atom stereocenters. The monoisotopic (exact) mass is 222 g/mol. The largest absolute Gasteiger partial charge is 0.352 e. The molecule has 16 heavy (non-hydrogen) atoms. The second kappa shape index (κ2) is 6.43. The first-order chi connectivity index (χ1) is 7.72. The van der Waals surface area contributed by atoms with Gasteiger partial charge in [0.25, 0.3) is 0 Å². The second-order valence-corrected chi connectivity index (χ2v) is 3.91. The first-order valence-electron chi connectivity index (χ1n) is 5.99. The first kappa shape index (κ1) is 12.9. The highest BCUT2D eigenvalue weighted by atomic mass is 15.2. The van der Waals surface area contributed by atoms with E-state index in [9.17, 15) is 0 Å². The lowest BCUT2D eigenvalue weighted by molar-refractivity contribution is 0.553.